The number of furan rings is 1. The molecule has 2 rings (SSSR count). The number of halogens is 2. The minimum Gasteiger partial charge on any atom is -0.467 e. The molecule has 0 amide bonds. The fraction of sp³-hybridized carbons (Fsp3) is 0.389. The molecule has 5 nitrogen and oxygen atoms in total. The van der Waals surface area contributed by atoms with Crippen molar-refractivity contribution in [3.63, 3.8) is 0 Å². The number of benzene rings is 1. The van der Waals surface area contributed by atoms with E-state index in [0.717, 1.165) is 30.2 Å². The Morgan fingerprint density at radius 3 is 2.69 bits per heavy atom. The molecule has 1 heterocycles. The van der Waals surface area contributed by atoms with Gasteiger partial charge in [-0.2, -0.15) is 0 Å². The van der Waals surface area contributed by atoms with Crippen LogP contribution in [0.2, 0.25) is 0 Å². The molecule has 0 saturated carbocycles. The first-order valence-corrected chi connectivity index (χ1v) is 9.29. The molecule has 1 aromatic heterocycles. The van der Waals surface area contributed by atoms with Gasteiger partial charge in [0.25, 0.3) is 0 Å². The summed E-state index contributed by atoms with van der Waals surface area (Å²) in [4.78, 5) is 5.43. The van der Waals surface area contributed by atoms with Crippen molar-refractivity contribution in [1.82, 2.24) is 10.6 Å². The Kier molecular flexibility index (Phi) is 11.4. The second-order valence-electron chi connectivity index (χ2n) is 5.33. The summed E-state index contributed by atoms with van der Waals surface area (Å²) in [6.07, 6.45) is 1.72. The molecule has 1 atom stereocenters. The Bertz CT molecular complexity index is 638. The Balaban J connectivity index is 0.00000338. The van der Waals surface area contributed by atoms with Crippen LogP contribution in [0.3, 0.4) is 0 Å². The monoisotopic (exact) mass is 493 g/mol. The Morgan fingerprint density at radius 2 is 2.04 bits per heavy atom. The topological polar surface area (TPSA) is 69.8 Å². The fourth-order valence-corrected chi connectivity index (χ4v) is 2.94. The van der Waals surface area contributed by atoms with E-state index in [2.05, 4.69) is 15.6 Å². The predicted octanol–water partition coefficient (Wildman–Crippen LogP) is 3.81. The molecule has 0 fully saturated rings. The van der Waals surface area contributed by atoms with Gasteiger partial charge in [-0.3, -0.25) is 4.99 Å². The smallest absolute Gasteiger partial charge is 0.191 e. The van der Waals surface area contributed by atoms with Gasteiger partial charge in [-0.1, -0.05) is 0 Å². The summed E-state index contributed by atoms with van der Waals surface area (Å²) in [7, 11) is 0. The van der Waals surface area contributed by atoms with E-state index >= 15 is 0 Å². The number of thioether (sulfide) groups is 1. The second-order valence-corrected chi connectivity index (χ2v) is 6.50. The molecule has 2 aromatic rings. The minimum absolute atomic E-state index is 0. The maximum Gasteiger partial charge on any atom is 0.191 e. The Morgan fingerprint density at radius 1 is 1.27 bits per heavy atom. The number of aliphatic hydroxyl groups excluding tert-OH is 1. The van der Waals surface area contributed by atoms with Crippen molar-refractivity contribution in [3.05, 3.63) is 54.2 Å². The van der Waals surface area contributed by atoms with Gasteiger partial charge in [0.05, 0.1) is 12.8 Å². The average molecular weight is 493 g/mol. The number of hydrogen-bond donors (Lipinski definition) is 3. The molecule has 0 aliphatic carbocycles. The van der Waals surface area contributed by atoms with E-state index in [1.54, 1.807) is 36.0 Å². The summed E-state index contributed by atoms with van der Waals surface area (Å²) in [5.41, 5.74) is 0. The SMILES string of the molecule is CCNC(=NCC(O)c1ccco1)NCCCSc1ccc(F)cc1.I. The third-order valence-corrected chi connectivity index (χ3v) is 4.43. The molecular formula is C18H25FIN3O2S. The summed E-state index contributed by atoms with van der Waals surface area (Å²) in [6, 6.07) is 9.99. The van der Waals surface area contributed by atoms with Crippen molar-refractivity contribution in [1.29, 1.82) is 0 Å². The van der Waals surface area contributed by atoms with E-state index in [0.29, 0.717) is 11.7 Å². The highest BCUT2D eigenvalue weighted by Crippen LogP contribution is 2.18. The number of rotatable bonds is 9. The number of nitrogens with one attached hydrogen (secondary N) is 2. The lowest BCUT2D eigenvalue weighted by Gasteiger charge is -2.12. The summed E-state index contributed by atoms with van der Waals surface area (Å²) in [5.74, 6) is 1.89. The lowest BCUT2D eigenvalue weighted by molar-refractivity contribution is 0.158. The van der Waals surface area contributed by atoms with Gasteiger partial charge in [-0.25, -0.2) is 4.39 Å². The van der Waals surface area contributed by atoms with Crippen molar-refractivity contribution in [2.75, 3.05) is 25.4 Å². The van der Waals surface area contributed by atoms with Crippen molar-refractivity contribution >= 4 is 41.7 Å². The lowest BCUT2D eigenvalue weighted by atomic mass is 10.3. The molecule has 1 aromatic carbocycles. The molecular weight excluding hydrogens is 468 g/mol. The van der Waals surface area contributed by atoms with Crippen LogP contribution in [0, 0.1) is 5.82 Å². The number of hydrogen-bond acceptors (Lipinski definition) is 4. The number of aliphatic imine (C=N–C) groups is 1. The maximum absolute atomic E-state index is 12.8. The molecule has 0 aliphatic heterocycles. The van der Waals surface area contributed by atoms with E-state index in [-0.39, 0.29) is 36.3 Å². The molecule has 1 unspecified atom stereocenters. The predicted molar refractivity (Wildman–Crippen MR) is 115 cm³/mol. The van der Waals surface area contributed by atoms with Gasteiger partial charge < -0.3 is 20.2 Å². The van der Waals surface area contributed by atoms with Crippen LogP contribution >= 0.6 is 35.7 Å². The zero-order valence-corrected chi connectivity index (χ0v) is 17.8. The van der Waals surface area contributed by atoms with Gasteiger partial charge in [0.1, 0.15) is 17.7 Å². The third-order valence-electron chi connectivity index (χ3n) is 3.33. The van der Waals surface area contributed by atoms with E-state index in [4.69, 9.17) is 4.42 Å². The largest absolute Gasteiger partial charge is 0.467 e. The van der Waals surface area contributed by atoms with Crippen LogP contribution in [-0.2, 0) is 0 Å². The van der Waals surface area contributed by atoms with Crippen molar-refractivity contribution in [2.24, 2.45) is 4.99 Å². The van der Waals surface area contributed by atoms with Crippen LogP contribution in [0.4, 0.5) is 4.39 Å². The lowest BCUT2D eigenvalue weighted by Crippen LogP contribution is -2.38. The molecule has 144 valence electrons. The van der Waals surface area contributed by atoms with Crippen LogP contribution in [-0.4, -0.2) is 36.5 Å². The van der Waals surface area contributed by atoms with Crippen LogP contribution in [0.5, 0.6) is 0 Å². The zero-order chi connectivity index (χ0) is 17.9. The van der Waals surface area contributed by atoms with Gasteiger partial charge in [-0.15, -0.1) is 35.7 Å². The van der Waals surface area contributed by atoms with Crippen LogP contribution < -0.4 is 10.6 Å². The highest BCUT2D eigenvalue weighted by atomic mass is 127. The van der Waals surface area contributed by atoms with E-state index in [9.17, 15) is 9.50 Å². The first-order valence-electron chi connectivity index (χ1n) is 8.31. The van der Waals surface area contributed by atoms with Crippen molar-refractivity contribution < 1.29 is 13.9 Å². The van der Waals surface area contributed by atoms with Crippen molar-refractivity contribution in [3.8, 4) is 0 Å². The van der Waals surface area contributed by atoms with E-state index in [1.807, 2.05) is 6.92 Å². The minimum atomic E-state index is -0.750. The molecule has 26 heavy (non-hydrogen) atoms. The fourth-order valence-electron chi connectivity index (χ4n) is 2.09. The summed E-state index contributed by atoms with van der Waals surface area (Å²) >= 11 is 1.69. The number of nitrogens with zero attached hydrogens (tertiary/aromatic N) is 1. The number of aliphatic hydroxyl groups is 1. The summed E-state index contributed by atoms with van der Waals surface area (Å²) in [6.45, 7) is 3.72. The van der Waals surface area contributed by atoms with Crippen LogP contribution in [0.15, 0.2) is 57.0 Å². The van der Waals surface area contributed by atoms with E-state index < -0.39 is 6.10 Å². The zero-order valence-electron chi connectivity index (χ0n) is 14.7. The standard InChI is InChI=1S/C18H24FN3O2S.HI/c1-2-20-18(22-13-16(23)17-5-3-11-24-17)21-10-4-12-25-15-8-6-14(19)7-9-15;/h3,5-9,11,16,23H,2,4,10,12-13H2,1H3,(H2,20,21,22);1H. The third kappa shape index (κ3) is 8.41. The molecule has 0 saturated heterocycles. The summed E-state index contributed by atoms with van der Waals surface area (Å²) in [5, 5.41) is 16.4. The molecule has 0 aliphatic rings. The molecule has 0 bridgehead atoms. The molecule has 8 heteroatoms. The molecule has 0 radical (unpaired) electrons. The second kappa shape index (κ2) is 13.0. The van der Waals surface area contributed by atoms with Crippen LogP contribution in [0.25, 0.3) is 0 Å². The highest BCUT2D eigenvalue weighted by Gasteiger charge is 2.09. The van der Waals surface area contributed by atoms with E-state index in [1.165, 1.54) is 18.4 Å². The highest BCUT2D eigenvalue weighted by molar-refractivity contribution is 14.0. The quantitative estimate of drug-likeness (QED) is 0.163. The maximum atomic E-state index is 12.8. The first-order chi connectivity index (χ1) is 12.2. The van der Waals surface area contributed by atoms with Crippen LogP contribution in [0.1, 0.15) is 25.2 Å². The van der Waals surface area contributed by atoms with Gasteiger partial charge in [0, 0.05) is 18.0 Å². The Hall–Kier alpha value is -1.26. The van der Waals surface area contributed by atoms with Gasteiger partial charge in [0.2, 0.25) is 0 Å². The average Bonchev–Trinajstić information content (AvgIpc) is 3.15. The van der Waals surface area contributed by atoms with Gasteiger partial charge in [0.15, 0.2) is 5.96 Å². The Labute approximate surface area is 174 Å². The van der Waals surface area contributed by atoms with Gasteiger partial charge >= 0.3 is 0 Å². The normalized spacial score (nSPS) is 12.3. The van der Waals surface area contributed by atoms with Crippen molar-refractivity contribution in [2.45, 2.75) is 24.3 Å². The summed E-state index contributed by atoms with van der Waals surface area (Å²) < 4.78 is 18.0. The first kappa shape index (κ1) is 22.8. The van der Waals surface area contributed by atoms with Gasteiger partial charge in [-0.05, 0) is 55.5 Å². The number of guanidine groups is 1. The molecule has 3 N–H and O–H groups in total. The molecule has 0 spiro atoms.